The van der Waals surface area contributed by atoms with E-state index >= 15 is 0 Å². The van der Waals surface area contributed by atoms with Gasteiger partial charge in [0.05, 0.1) is 14.2 Å². The van der Waals surface area contributed by atoms with Crippen LogP contribution in [0.25, 0.3) is 0 Å². The summed E-state index contributed by atoms with van der Waals surface area (Å²) in [6.45, 7) is 0.0879. The summed E-state index contributed by atoms with van der Waals surface area (Å²) < 4.78 is 48.2. The molecule has 0 saturated heterocycles. The number of aromatic amines is 1. The van der Waals surface area contributed by atoms with E-state index in [1.165, 1.54) is 14.2 Å². The van der Waals surface area contributed by atoms with Crippen molar-refractivity contribution >= 4 is 5.95 Å². The smallest absolute Gasteiger partial charge is 0.433 e. The summed E-state index contributed by atoms with van der Waals surface area (Å²) >= 11 is 0. The van der Waals surface area contributed by atoms with E-state index in [0.717, 1.165) is 0 Å². The van der Waals surface area contributed by atoms with Gasteiger partial charge in [-0.2, -0.15) is 13.2 Å². The van der Waals surface area contributed by atoms with Crippen molar-refractivity contribution in [1.82, 2.24) is 9.97 Å². The maximum atomic E-state index is 12.6. The van der Waals surface area contributed by atoms with Gasteiger partial charge in [-0.1, -0.05) is 0 Å². The number of nitrogens with one attached hydrogen (secondary N) is 2. The van der Waals surface area contributed by atoms with E-state index < -0.39 is 17.4 Å². The lowest BCUT2D eigenvalue weighted by Gasteiger charge is -2.12. The minimum Gasteiger partial charge on any atom is -0.497 e. The predicted molar refractivity (Wildman–Crippen MR) is 76.7 cm³/mol. The summed E-state index contributed by atoms with van der Waals surface area (Å²) in [6.07, 6.45) is -4.70. The number of rotatable bonds is 5. The molecular formula is C14H14F3N3O3. The molecule has 0 aliphatic rings. The minimum absolute atomic E-state index is 0.0879. The summed E-state index contributed by atoms with van der Waals surface area (Å²) in [5.74, 6) is 0.801. The van der Waals surface area contributed by atoms with Crippen LogP contribution in [0.15, 0.2) is 29.1 Å². The van der Waals surface area contributed by atoms with Gasteiger partial charge in [-0.05, 0) is 18.2 Å². The first-order valence-electron chi connectivity index (χ1n) is 6.47. The molecule has 2 aromatic rings. The van der Waals surface area contributed by atoms with Crippen molar-refractivity contribution in [1.29, 1.82) is 0 Å². The van der Waals surface area contributed by atoms with Crippen molar-refractivity contribution in [2.75, 3.05) is 19.5 Å². The second kappa shape index (κ2) is 6.59. The van der Waals surface area contributed by atoms with E-state index in [4.69, 9.17) is 9.47 Å². The zero-order valence-electron chi connectivity index (χ0n) is 12.3. The highest BCUT2D eigenvalue weighted by Gasteiger charge is 2.33. The van der Waals surface area contributed by atoms with Crippen LogP contribution in [0.5, 0.6) is 11.5 Å². The Bertz CT molecular complexity index is 744. The average Bonchev–Trinajstić information content (AvgIpc) is 2.51. The Morgan fingerprint density at radius 2 is 1.96 bits per heavy atom. The van der Waals surface area contributed by atoms with Gasteiger partial charge < -0.3 is 14.8 Å². The van der Waals surface area contributed by atoms with Crippen molar-refractivity contribution in [3.05, 3.63) is 45.9 Å². The fourth-order valence-electron chi connectivity index (χ4n) is 1.89. The van der Waals surface area contributed by atoms with Gasteiger partial charge in [0.25, 0.3) is 5.56 Å². The van der Waals surface area contributed by atoms with Gasteiger partial charge in [-0.3, -0.25) is 9.78 Å². The summed E-state index contributed by atoms with van der Waals surface area (Å²) in [4.78, 5) is 16.9. The van der Waals surface area contributed by atoms with Gasteiger partial charge in [0.1, 0.15) is 11.5 Å². The van der Waals surface area contributed by atoms with Crippen LogP contribution in [0.3, 0.4) is 0 Å². The van der Waals surface area contributed by atoms with Crippen LogP contribution in [0, 0.1) is 0 Å². The molecule has 9 heteroatoms. The fourth-order valence-corrected chi connectivity index (χ4v) is 1.89. The molecule has 0 fully saturated rings. The number of benzene rings is 1. The standard InChI is InChI=1S/C14H14F3N3O3/c1-22-9-3-4-10(23-2)8(5-9)7-18-13-19-11(14(15,16)17)6-12(21)20-13/h3-6H,7H2,1-2H3,(H2,18,19,20,21). The van der Waals surface area contributed by atoms with Crippen LogP contribution >= 0.6 is 0 Å². The highest BCUT2D eigenvalue weighted by Crippen LogP contribution is 2.27. The number of aromatic nitrogens is 2. The third kappa shape index (κ3) is 4.15. The molecule has 0 aliphatic heterocycles. The molecule has 124 valence electrons. The number of halogens is 3. The summed E-state index contributed by atoms with van der Waals surface area (Å²) in [5.41, 5.74) is -1.53. The molecule has 1 heterocycles. The zero-order chi connectivity index (χ0) is 17.0. The molecule has 1 aromatic carbocycles. The van der Waals surface area contributed by atoms with E-state index in [1.807, 2.05) is 0 Å². The highest BCUT2D eigenvalue weighted by molar-refractivity contribution is 5.42. The molecular weight excluding hydrogens is 315 g/mol. The number of methoxy groups -OCH3 is 2. The van der Waals surface area contributed by atoms with Crippen LogP contribution in [-0.4, -0.2) is 24.2 Å². The largest absolute Gasteiger partial charge is 0.497 e. The van der Waals surface area contributed by atoms with Gasteiger partial charge in [-0.25, -0.2) is 4.98 Å². The van der Waals surface area contributed by atoms with E-state index in [9.17, 15) is 18.0 Å². The Morgan fingerprint density at radius 3 is 2.57 bits per heavy atom. The van der Waals surface area contributed by atoms with Crippen LogP contribution in [0.1, 0.15) is 11.3 Å². The van der Waals surface area contributed by atoms with Crippen LogP contribution < -0.4 is 20.3 Å². The Hall–Kier alpha value is -2.71. The fraction of sp³-hybridized carbons (Fsp3) is 0.286. The second-order valence-corrected chi connectivity index (χ2v) is 4.51. The van der Waals surface area contributed by atoms with E-state index in [0.29, 0.717) is 23.1 Å². The maximum absolute atomic E-state index is 12.6. The number of alkyl halides is 3. The zero-order valence-corrected chi connectivity index (χ0v) is 12.3. The van der Waals surface area contributed by atoms with Gasteiger partial charge in [-0.15, -0.1) is 0 Å². The summed E-state index contributed by atoms with van der Waals surface area (Å²) in [6, 6.07) is 5.42. The summed E-state index contributed by atoms with van der Waals surface area (Å²) in [7, 11) is 2.96. The van der Waals surface area contributed by atoms with Crippen LogP contribution in [0.4, 0.5) is 19.1 Å². The van der Waals surface area contributed by atoms with Crippen LogP contribution in [-0.2, 0) is 12.7 Å². The number of hydrogen-bond donors (Lipinski definition) is 2. The molecule has 6 nitrogen and oxygen atoms in total. The van der Waals surface area contributed by atoms with Crippen molar-refractivity contribution < 1.29 is 22.6 Å². The van der Waals surface area contributed by atoms with Crippen molar-refractivity contribution in [3.63, 3.8) is 0 Å². The number of ether oxygens (including phenoxy) is 2. The van der Waals surface area contributed by atoms with Gasteiger partial charge >= 0.3 is 6.18 Å². The molecule has 0 spiro atoms. The quantitative estimate of drug-likeness (QED) is 0.881. The molecule has 0 radical (unpaired) electrons. The normalized spacial score (nSPS) is 11.2. The number of H-pyrrole nitrogens is 1. The molecule has 1 aromatic heterocycles. The SMILES string of the molecule is COc1ccc(OC)c(CNc2nc(C(F)(F)F)cc(=O)[nH]2)c1. The average molecular weight is 329 g/mol. The molecule has 2 rings (SSSR count). The number of hydrogen-bond acceptors (Lipinski definition) is 5. The third-order valence-corrected chi connectivity index (χ3v) is 2.97. The lowest BCUT2D eigenvalue weighted by atomic mass is 10.2. The minimum atomic E-state index is -4.70. The highest BCUT2D eigenvalue weighted by atomic mass is 19.4. The molecule has 0 aliphatic carbocycles. The molecule has 2 N–H and O–H groups in total. The Labute approximate surface area is 129 Å². The lowest BCUT2D eigenvalue weighted by molar-refractivity contribution is -0.141. The first kappa shape index (κ1) is 16.7. The molecule has 0 unspecified atom stereocenters. The van der Waals surface area contributed by atoms with E-state index in [2.05, 4.69) is 15.3 Å². The molecule has 0 saturated carbocycles. The van der Waals surface area contributed by atoms with E-state index in [1.54, 1.807) is 18.2 Å². The van der Waals surface area contributed by atoms with Crippen molar-refractivity contribution in [2.24, 2.45) is 0 Å². The third-order valence-electron chi connectivity index (χ3n) is 2.97. The Morgan fingerprint density at radius 1 is 1.22 bits per heavy atom. The van der Waals surface area contributed by atoms with Gasteiger partial charge in [0.2, 0.25) is 5.95 Å². The van der Waals surface area contributed by atoms with Crippen LogP contribution in [0.2, 0.25) is 0 Å². The van der Waals surface area contributed by atoms with Crippen molar-refractivity contribution in [3.8, 4) is 11.5 Å². The molecule has 23 heavy (non-hydrogen) atoms. The topological polar surface area (TPSA) is 76.2 Å². The maximum Gasteiger partial charge on any atom is 0.433 e. The van der Waals surface area contributed by atoms with Gasteiger partial charge in [0.15, 0.2) is 5.69 Å². The number of anilines is 1. The Balaban J connectivity index is 2.24. The molecule has 0 amide bonds. The van der Waals surface area contributed by atoms with Crippen molar-refractivity contribution in [2.45, 2.75) is 12.7 Å². The van der Waals surface area contributed by atoms with E-state index in [-0.39, 0.29) is 12.5 Å². The molecule has 0 bridgehead atoms. The molecule has 0 atom stereocenters. The number of nitrogens with zero attached hydrogens (tertiary/aromatic N) is 1. The lowest BCUT2D eigenvalue weighted by Crippen LogP contribution is -2.18. The van der Waals surface area contributed by atoms with Gasteiger partial charge in [0, 0.05) is 18.2 Å². The monoisotopic (exact) mass is 329 g/mol. The summed E-state index contributed by atoms with van der Waals surface area (Å²) in [5, 5.41) is 2.64. The first-order chi connectivity index (χ1) is 10.8. The Kier molecular flexibility index (Phi) is 4.77. The second-order valence-electron chi connectivity index (χ2n) is 4.51. The predicted octanol–water partition coefficient (Wildman–Crippen LogP) is 2.42. The first-order valence-corrected chi connectivity index (χ1v) is 6.47.